The normalized spacial score (nSPS) is 10.3. The fraction of sp³-hybridized carbons (Fsp3) is 0. The predicted molar refractivity (Wildman–Crippen MR) is 84.2 cm³/mol. The Morgan fingerprint density at radius 1 is 1.14 bits per heavy atom. The molecule has 0 spiro atoms. The van der Waals surface area contributed by atoms with Crippen molar-refractivity contribution >= 4 is 28.1 Å². The highest BCUT2D eigenvalue weighted by atomic mass is 32.1. The maximum atomic E-state index is 12.0. The topological polar surface area (TPSA) is 80.9 Å². The van der Waals surface area contributed by atoms with E-state index in [-0.39, 0.29) is 5.91 Å². The molecule has 2 aromatic heterocycles. The lowest BCUT2D eigenvalue weighted by atomic mass is 10.1. The van der Waals surface area contributed by atoms with E-state index in [1.54, 1.807) is 24.4 Å². The molecule has 0 fully saturated rings. The number of pyridine rings is 1. The van der Waals surface area contributed by atoms with Crippen molar-refractivity contribution in [2.75, 3.05) is 11.1 Å². The molecule has 0 aliphatic carbocycles. The Morgan fingerprint density at radius 2 is 1.95 bits per heavy atom. The van der Waals surface area contributed by atoms with Gasteiger partial charge in [-0.05, 0) is 18.2 Å². The van der Waals surface area contributed by atoms with Crippen molar-refractivity contribution in [1.29, 1.82) is 0 Å². The van der Waals surface area contributed by atoms with Crippen LogP contribution in [-0.2, 0) is 0 Å². The van der Waals surface area contributed by atoms with Crippen LogP contribution in [0.5, 0.6) is 0 Å². The SMILES string of the molecule is Nc1ccccc1-c1csc(NC(=O)c2ccccn2)n1. The molecule has 1 amide bonds. The molecular formula is C15H12N4OS. The number of anilines is 2. The van der Waals surface area contributed by atoms with Crippen molar-refractivity contribution in [3.05, 3.63) is 59.7 Å². The zero-order valence-electron chi connectivity index (χ0n) is 11.0. The van der Waals surface area contributed by atoms with E-state index in [1.807, 2.05) is 29.6 Å². The van der Waals surface area contributed by atoms with Crippen molar-refractivity contribution in [3.8, 4) is 11.3 Å². The molecule has 1 aromatic carbocycles. The number of aromatic nitrogens is 2. The lowest BCUT2D eigenvalue weighted by Gasteiger charge is -2.01. The molecule has 6 heteroatoms. The third-order valence-corrected chi connectivity index (χ3v) is 3.62. The summed E-state index contributed by atoms with van der Waals surface area (Å²) in [6.07, 6.45) is 1.58. The summed E-state index contributed by atoms with van der Waals surface area (Å²) < 4.78 is 0. The van der Waals surface area contributed by atoms with E-state index in [0.717, 1.165) is 11.3 Å². The minimum Gasteiger partial charge on any atom is -0.398 e. The number of para-hydroxylation sites is 1. The van der Waals surface area contributed by atoms with Gasteiger partial charge >= 0.3 is 0 Å². The van der Waals surface area contributed by atoms with E-state index >= 15 is 0 Å². The third kappa shape index (κ3) is 2.90. The summed E-state index contributed by atoms with van der Waals surface area (Å²) in [7, 11) is 0. The van der Waals surface area contributed by atoms with E-state index in [4.69, 9.17) is 5.73 Å². The van der Waals surface area contributed by atoms with Crippen molar-refractivity contribution in [1.82, 2.24) is 9.97 Å². The summed E-state index contributed by atoms with van der Waals surface area (Å²) in [6, 6.07) is 12.7. The molecular weight excluding hydrogens is 284 g/mol. The van der Waals surface area contributed by atoms with Crippen molar-refractivity contribution in [2.24, 2.45) is 0 Å². The third-order valence-electron chi connectivity index (χ3n) is 2.86. The summed E-state index contributed by atoms with van der Waals surface area (Å²) in [4.78, 5) is 20.4. The van der Waals surface area contributed by atoms with Gasteiger partial charge in [0.05, 0.1) is 5.69 Å². The number of rotatable bonds is 3. The summed E-state index contributed by atoms with van der Waals surface area (Å²) in [5.41, 5.74) is 8.53. The molecule has 5 nitrogen and oxygen atoms in total. The number of nitrogens with one attached hydrogen (secondary N) is 1. The van der Waals surface area contributed by atoms with Gasteiger partial charge < -0.3 is 5.73 Å². The van der Waals surface area contributed by atoms with E-state index in [2.05, 4.69) is 15.3 Å². The summed E-state index contributed by atoms with van der Waals surface area (Å²) in [6.45, 7) is 0. The molecule has 0 atom stereocenters. The zero-order valence-corrected chi connectivity index (χ0v) is 11.8. The second-order valence-electron chi connectivity index (χ2n) is 4.29. The number of thiazole rings is 1. The number of benzene rings is 1. The van der Waals surface area contributed by atoms with Gasteiger partial charge in [0.25, 0.3) is 5.91 Å². The van der Waals surface area contributed by atoms with Crippen LogP contribution in [0.4, 0.5) is 10.8 Å². The average molecular weight is 296 g/mol. The minimum atomic E-state index is -0.280. The first-order chi connectivity index (χ1) is 10.2. The molecule has 3 rings (SSSR count). The van der Waals surface area contributed by atoms with Crippen LogP contribution in [0.15, 0.2) is 54.0 Å². The number of nitrogens with two attached hydrogens (primary N) is 1. The monoisotopic (exact) mass is 296 g/mol. The van der Waals surface area contributed by atoms with Gasteiger partial charge in [0.2, 0.25) is 0 Å². The highest BCUT2D eigenvalue weighted by Gasteiger charge is 2.11. The summed E-state index contributed by atoms with van der Waals surface area (Å²) >= 11 is 1.35. The highest BCUT2D eigenvalue weighted by Crippen LogP contribution is 2.28. The number of carbonyl (C=O) groups excluding carboxylic acids is 1. The molecule has 104 valence electrons. The fourth-order valence-corrected chi connectivity index (χ4v) is 2.55. The van der Waals surface area contributed by atoms with Gasteiger partial charge in [-0.1, -0.05) is 24.3 Å². The number of carbonyl (C=O) groups is 1. The van der Waals surface area contributed by atoms with E-state index in [1.165, 1.54) is 11.3 Å². The minimum absolute atomic E-state index is 0.280. The molecule has 21 heavy (non-hydrogen) atoms. The van der Waals surface area contributed by atoms with Gasteiger partial charge in [-0.25, -0.2) is 4.98 Å². The van der Waals surface area contributed by atoms with E-state index < -0.39 is 0 Å². The lowest BCUT2D eigenvalue weighted by molar-refractivity contribution is 0.102. The Morgan fingerprint density at radius 3 is 2.71 bits per heavy atom. The molecule has 0 saturated carbocycles. The highest BCUT2D eigenvalue weighted by molar-refractivity contribution is 7.14. The molecule has 0 radical (unpaired) electrons. The maximum Gasteiger partial charge on any atom is 0.276 e. The number of amides is 1. The Balaban J connectivity index is 1.80. The van der Waals surface area contributed by atoms with Crippen LogP contribution in [0.1, 0.15) is 10.5 Å². The van der Waals surface area contributed by atoms with Crippen LogP contribution in [-0.4, -0.2) is 15.9 Å². The molecule has 3 aromatic rings. The standard InChI is InChI=1S/C15H12N4OS/c16-11-6-2-1-5-10(11)13-9-21-15(18-13)19-14(20)12-7-3-4-8-17-12/h1-9H,16H2,(H,18,19,20). The van der Waals surface area contributed by atoms with Gasteiger partial charge in [-0.15, -0.1) is 11.3 Å². The Labute approximate surface area is 125 Å². The van der Waals surface area contributed by atoms with Crippen molar-refractivity contribution < 1.29 is 4.79 Å². The Kier molecular flexibility index (Phi) is 3.61. The number of hydrogen-bond acceptors (Lipinski definition) is 5. The van der Waals surface area contributed by atoms with Gasteiger partial charge in [0.1, 0.15) is 5.69 Å². The van der Waals surface area contributed by atoms with Crippen molar-refractivity contribution in [2.45, 2.75) is 0 Å². The Hall–Kier alpha value is -2.73. The van der Waals surface area contributed by atoms with Gasteiger partial charge in [0, 0.05) is 22.8 Å². The van der Waals surface area contributed by atoms with Gasteiger partial charge in [-0.3, -0.25) is 15.1 Å². The first kappa shape index (κ1) is 13.3. The van der Waals surface area contributed by atoms with Crippen LogP contribution in [0.3, 0.4) is 0 Å². The lowest BCUT2D eigenvalue weighted by Crippen LogP contribution is -2.13. The molecule has 2 heterocycles. The second-order valence-corrected chi connectivity index (χ2v) is 5.15. The largest absolute Gasteiger partial charge is 0.398 e. The number of hydrogen-bond donors (Lipinski definition) is 2. The molecule has 0 aliphatic rings. The zero-order chi connectivity index (χ0) is 14.7. The molecule has 0 bridgehead atoms. The van der Waals surface area contributed by atoms with Crippen LogP contribution in [0.25, 0.3) is 11.3 Å². The fourth-order valence-electron chi connectivity index (χ4n) is 1.84. The average Bonchev–Trinajstić information content (AvgIpc) is 2.97. The first-order valence-corrected chi connectivity index (χ1v) is 7.15. The predicted octanol–water partition coefficient (Wildman–Crippen LogP) is 3.04. The number of nitrogens with zero attached hydrogens (tertiary/aromatic N) is 2. The van der Waals surface area contributed by atoms with E-state index in [9.17, 15) is 4.79 Å². The van der Waals surface area contributed by atoms with Crippen LogP contribution in [0, 0.1) is 0 Å². The molecule has 0 unspecified atom stereocenters. The van der Waals surface area contributed by atoms with Crippen molar-refractivity contribution in [3.63, 3.8) is 0 Å². The maximum absolute atomic E-state index is 12.0. The summed E-state index contributed by atoms with van der Waals surface area (Å²) in [5, 5.41) is 5.11. The Bertz CT molecular complexity index is 770. The van der Waals surface area contributed by atoms with Crippen LogP contribution in [0.2, 0.25) is 0 Å². The van der Waals surface area contributed by atoms with Gasteiger partial charge in [0.15, 0.2) is 5.13 Å². The summed E-state index contributed by atoms with van der Waals surface area (Å²) in [5.74, 6) is -0.280. The van der Waals surface area contributed by atoms with Crippen LogP contribution < -0.4 is 11.1 Å². The molecule has 3 N–H and O–H groups in total. The first-order valence-electron chi connectivity index (χ1n) is 6.27. The molecule has 0 aliphatic heterocycles. The van der Waals surface area contributed by atoms with E-state index in [0.29, 0.717) is 16.5 Å². The molecule has 0 saturated heterocycles. The quantitative estimate of drug-likeness (QED) is 0.728. The number of nitrogen functional groups attached to an aromatic ring is 1. The van der Waals surface area contributed by atoms with Crippen LogP contribution >= 0.6 is 11.3 Å². The smallest absolute Gasteiger partial charge is 0.276 e. The second kappa shape index (κ2) is 5.72. The van der Waals surface area contributed by atoms with Gasteiger partial charge in [-0.2, -0.15) is 0 Å².